The lowest BCUT2D eigenvalue weighted by atomic mass is 9.88. The third kappa shape index (κ3) is 8.25. The predicted octanol–water partition coefficient (Wildman–Crippen LogP) is -0.0166. The van der Waals surface area contributed by atoms with E-state index in [1.54, 1.807) is 13.8 Å². The van der Waals surface area contributed by atoms with Crippen LogP contribution in [0.4, 0.5) is 0 Å². The number of hydrogen-bond donors (Lipinski definition) is 5. The summed E-state index contributed by atoms with van der Waals surface area (Å²) in [4.78, 5) is 61.9. The molecular weight excluding hydrogens is 564 g/mol. The topological polar surface area (TPSA) is 233 Å². The monoisotopic (exact) mass is 596 g/mol. The number of esters is 3. The maximum absolute atomic E-state index is 12.8. The number of benzene rings is 1. The molecule has 0 saturated carbocycles. The van der Waals surface area contributed by atoms with Crippen LogP contribution in [0, 0.1) is 5.92 Å². The molecule has 2 bridgehead atoms. The molecule has 0 radical (unpaired) electrons. The summed E-state index contributed by atoms with van der Waals surface area (Å²) in [5, 5.41) is 50.6. The van der Waals surface area contributed by atoms with Crippen LogP contribution in [0.1, 0.15) is 38.7 Å². The van der Waals surface area contributed by atoms with E-state index in [1.165, 1.54) is 30.3 Å². The zero-order valence-corrected chi connectivity index (χ0v) is 22.7. The highest BCUT2D eigenvalue weighted by atomic mass is 16.7. The van der Waals surface area contributed by atoms with E-state index in [0.29, 0.717) is 5.56 Å². The molecule has 1 aromatic rings. The van der Waals surface area contributed by atoms with Crippen LogP contribution in [0.5, 0.6) is 5.75 Å². The number of aliphatic hydroxyl groups is 2. The summed E-state index contributed by atoms with van der Waals surface area (Å²) in [5.41, 5.74) is -1.96. The second-order valence-electron chi connectivity index (χ2n) is 10.2. The molecule has 42 heavy (non-hydrogen) atoms. The Labute approximate surface area is 239 Å². The van der Waals surface area contributed by atoms with Gasteiger partial charge in [-0.25, -0.2) is 14.4 Å². The van der Waals surface area contributed by atoms with Crippen molar-refractivity contribution in [2.45, 2.75) is 75.5 Å². The molecule has 15 heteroatoms. The number of fused-ring (bicyclic) bond motifs is 2. The van der Waals surface area contributed by atoms with Crippen LogP contribution >= 0.6 is 0 Å². The van der Waals surface area contributed by atoms with Gasteiger partial charge in [-0.2, -0.15) is 0 Å². The van der Waals surface area contributed by atoms with Gasteiger partial charge in [-0.1, -0.05) is 26.0 Å². The van der Waals surface area contributed by atoms with E-state index in [2.05, 4.69) is 0 Å². The molecule has 1 aromatic carbocycles. The van der Waals surface area contributed by atoms with Crippen molar-refractivity contribution in [3.63, 3.8) is 0 Å². The number of carboxylic acid groups (broad SMARTS) is 2. The van der Waals surface area contributed by atoms with E-state index in [9.17, 15) is 49.5 Å². The molecule has 0 spiro atoms. The van der Waals surface area contributed by atoms with Gasteiger partial charge in [-0.05, 0) is 36.1 Å². The van der Waals surface area contributed by atoms with Gasteiger partial charge < -0.3 is 49.2 Å². The van der Waals surface area contributed by atoms with E-state index >= 15 is 0 Å². The summed E-state index contributed by atoms with van der Waals surface area (Å²) in [5.74, 6) is -7.37. The molecule has 3 rings (SSSR count). The third-order valence-corrected chi connectivity index (χ3v) is 6.41. The van der Waals surface area contributed by atoms with E-state index in [4.69, 9.17) is 23.7 Å². The first-order valence-electron chi connectivity index (χ1n) is 12.9. The number of ether oxygens (including phenoxy) is 5. The molecule has 7 atom stereocenters. The molecule has 0 aliphatic carbocycles. The van der Waals surface area contributed by atoms with Gasteiger partial charge in [-0.15, -0.1) is 0 Å². The van der Waals surface area contributed by atoms with Gasteiger partial charge in [0.15, 0.2) is 18.0 Å². The molecule has 15 nitrogen and oxygen atoms in total. The van der Waals surface area contributed by atoms with Crippen LogP contribution in [0.25, 0.3) is 6.08 Å². The van der Waals surface area contributed by atoms with Crippen molar-refractivity contribution in [3.05, 3.63) is 35.9 Å². The number of aliphatic carboxylic acids is 2. The maximum Gasteiger partial charge on any atom is 0.345 e. The minimum atomic E-state index is -2.45. The van der Waals surface area contributed by atoms with Crippen molar-refractivity contribution in [1.29, 1.82) is 0 Å². The van der Waals surface area contributed by atoms with Crippen molar-refractivity contribution < 1.29 is 73.2 Å². The van der Waals surface area contributed by atoms with E-state index < -0.39 is 97.6 Å². The first-order chi connectivity index (χ1) is 19.7. The zero-order chi connectivity index (χ0) is 31.2. The lowest BCUT2D eigenvalue weighted by Crippen LogP contribution is -2.63. The second-order valence-corrected chi connectivity index (χ2v) is 10.2. The van der Waals surface area contributed by atoms with Crippen molar-refractivity contribution in [2.75, 3.05) is 6.61 Å². The van der Waals surface area contributed by atoms with Crippen LogP contribution in [-0.2, 0) is 47.7 Å². The number of carboxylic acids is 2. The number of aliphatic hydroxyl groups excluding tert-OH is 2. The second kappa shape index (κ2) is 13.7. The highest BCUT2D eigenvalue weighted by Gasteiger charge is 2.54. The fourth-order valence-corrected chi connectivity index (χ4v) is 4.44. The largest absolute Gasteiger partial charge is 0.508 e. The fraction of sp³-hybridized carbons (Fsp3) is 0.519. The van der Waals surface area contributed by atoms with Gasteiger partial charge >= 0.3 is 29.8 Å². The Kier molecular flexibility index (Phi) is 10.6. The first kappa shape index (κ1) is 32.5. The van der Waals surface area contributed by atoms with Crippen LogP contribution in [0.2, 0.25) is 0 Å². The molecule has 2 saturated heterocycles. The summed E-state index contributed by atoms with van der Waals surface area (Å²) in [6, 6.07) is 5.73. The van der Waals surface area contributed by atoms with Crippen LogP contribution in [0.15, 0.2) is 30.3 Å². The lowest BCUT2D eigenvalue weighted by molar-refractivity contribution is -0.327. The predicted molar refractivity (Wildman–Crippen MR) is 136 cm³/mol. The molecule has 2 aliphatic rings. The van der Waals surface area contributed by atoms with E-state index in [1.807, 2.05) is 0 Å². The van der Waals surface area contributed by atoms with Crippen molar-refractivity contribution in [1.82, 2.24) is 0 Å². The summed E-state index contributed by atoms with van der Waals surface area (Å²) in [7, 11) is 0. The Morgan fingerprint density at radius 3 is 2.33 bits per heavy atom. The van der Waals surface area contributed by atoms with Crippen LogP contribution in [-0.4, -0.2) is 104 Å². The average molecular weight is 597 g/mol. The molecule has 2 aliphatic heterocycles. The van der Waals surface area contributed by atoms with Gasteiger partial charge in [0.2, 0.25) is 6.10 Å². The molecule has 0 aromatic heterocycles. The maximum atomic E-state index is 12.8. The number of cyclic esters (lactones) is 2. The smallest absolute Gasteiger partial charge is 0.345 e. The Bertz CT molecular complexity index is 1190. The number of rotatable bonds is 7. The highest BCUT2D eigenvalue weighted by Crippen LogP contribution is 2.34. The summed E-state index contributed by atoms with van der Waals surface area (Å²) < 4.78 is 26.6. The Morgan fingerprint density at radius 2 is 1.74 bits per heavy atom. The Balaban J connectivity index is 1.99. The summed E-state index contributed by atoms with van der Waals surface area (Å²) in [6.45, 7) is 2.48. The first-order valence-corrected chi connectivity index (χ1v) is 12.9. The number of phenolic OH excluding ortho intramolecular Hbond substituents is 1. The molecule has 5 N–H and O–H groups in total. The van der Waals surface area contributed by atoms with E-state index in [-0.39, 0.29) is 12.2 Å². The Morgan fingerprint density at radius 1 is 1.07 bits per heavy atom. The molecule has 2 fully saturated rings. The van der Waals surface area contributed by atoms with Crippen molar-refractivity contribution >= 4 is 35.9 Å². The minimum Gasteiger partial charge on any atom is -0.508 e. The van der Waals surface area contributed by atoms with Gasteiger partial charge in [0.25, 0.3) is 0 Å². The molecule has 7 unspecified atom stereocenters. The van der Waals surface area contributed by atoms with Gasteiger partial charge in [0.05, 0.1) is 12.8 Å². The standard InChI is InChI=1S/C27H32O15/c1-13(2)10-27(26(36)37)11-20(31)39-16(24(34)35)9-19(30)38-12-17-21(32)22(33)23(25(40-17)42-27)41-18(29)8-5-14-3-6-15(28)7-4-14/h3-8,13,16-17,21-23,25,28,32-33H,9-12H2,1-2H3,(H,34,35)(H,36,37). The number of aromatic hydroxyl groups is 1. The highest BCUT2D eigenvalue weighted by molar-refractivity contribution is 5.88. The number of hydrogen-bond acceptors (Lipinski definition) is 13. The van der Waals surface area contributed by atoms with Gasteiger partial charge in [-0.3, -0.25) is 9.59 Å². The van der Waals surface area contributed by atoms with Gasteiger partial charge in [0.1, 0.15) is 30.7 Å². The molecule has 0 amide bonds. The summed E-state index contributed by atoms with van der Waals surface area (Å²) >= 11 is 0. The fourth-order valence-electron chi connectivity index (χ4n) is 4.44. The average Bonchev–Trinajstić information content (AvgIpc) is 2.91. The minimum absolute atomic E-state index is 0.00699. The van der Waals surface area contributed by atoms with Crippen LogP contribution < -0.4 is 0 Å². The molecule has 230 valence electrons. The molecular formula is C27H32O15. The van der Waals surface area contributed by atoms with E-state index in [0.717, 1.165) is 6.08 Å². The number of phenols is 1. The van der Waals surface area contributed by atoms with Crippen molar-refractivity contribution in [2.24, 2.45) is 5.92 Å². The molecule has 2 heterocycles. The SMILES string of the molecule is CC(C)CC1(C(=O)O)CC(=O)OC(C(=O)O)CC(=O)OCC2OC(O1)C(OC(=O)C=Cc1ccc(O)cc1)C(O)C2O. The lowest BCUT2D eigenvalue weighted by Gasteiger charge is -2.44. The number of carbonyl (C=O) groups excluding carboxylic acids is 3. The van der Waals surface area contributed by atoms with Crippen molar-refractivity contribution in [3.8, 4) is 5.75 Å². The normalized spacial score (nSPS) is 30.8. The number of carbonyl (C=O) groups is 5. The zero-order valence-electron chi connectivity index (χ0n) is 22.7. The third-order valence-electron chi connectivity index (χ3n) is 6.41. The van der Waals surface area contributed by atoms with Gasteiger partial charge in [0, 0.05) is 6.08 Å². The quantitative estimate of drug-likeness (QED) is 0.158. The van der Waals surface area contributed by atoms with Crippen LogP contribution in [0.3, 0.4) is 0 Å². The Hall–Kier alpha value is -4.05. The summed E-state index contributed by atoms with van der Waals surface area (Å²) in [6.07, 6.45) is -11.2.